The van der Waals surface area contributed by atoms with E-state index in [1.54, 1.807) is 13.8 Å². The summed E-state index contributed by atoms with van der Waals surface area (Å²) in [5, 5.41) is 3.38. The van der Waals surface area contributed by atoms with Gasteiger partial charge in [-0.3, -0.25) is 10.1 Å². The van der Waals surface area contributed by atoms with Crippen molar-refractivity contribution < 1.29 is 13.9 Å². The molecule has 0 saturated heterocycles. The molecule has 0 saturated carbocycles. The molecule has 0 atom stereocenters. The second kappa shape index (κ2) is 6.33. The molecule has 0 spiro atoms. The van der Waals surface area contributed by atoms with Crippen LogP contribution < -0.4 is 10.1 Å². The Morgan fingerprint density at radius 1 is 1.39 bits per heavy atom. The highest BCUT2D eigenvalue weighted by Crippen LogP contribution is 2.31. The molecule has 3 aromatic rings. The summed E-state index contributed by atoms with van der Waals surface area (Å²) in [6.45, 7) is 6.12. The SMILES string of the molecule is CCOc1ccc2nc(NC(=O)c3c(C)oc(C)c3Br)sc2c1. The lowest BCUT2D eigenvalue weighted by Gasteiger charge is -2.00. The number of thiazole rings is 1. The average Bonchev–Trinajstić information content (AvgIpc) is 2.99. The zero-order valence-corrected chi connectivity index (χ0v) is 15.3. The second-order valence-corrected chi connectivity index (χ2v) is 6.76. The monoisotopic (exact) mass is 394 g/mol. The van der Waals surface area contributed by atoms with Crippen molar-refractivity contribution in [2.45, 2.75) is 20.8 Å². The minimum Gasteiger partial charge on any atom is -0.494 e. The first-order valence-corrected chi connectivity index (χ1v) is 8.70. The Hall–Kier alpha value is -1.86. The molecule has 2 aromatic heterocycles. The molecule has 0 radical (unpaired) electrons. The highest BCUT2D eigenvalue weighted by Gasteiger charge is 2.21. The van der Waals surface area contributed by atoms with Gasteiger partial charge in [-0.1, -0.05) is 11.3 Å². The number of amides is 1. The number of anilines is 1. The molecule has 0 unspecified atom stereocenters. The lowest BCUT2D eigenvalue weighted by molar-refractivity contribution is 0.102. The van der Waals surface area contributed by atoms with Crippen LogP contribution in [0.1, 0.15) is 28.8 Å². The van der Waals surface area contributed by atoms with E-state index in [-0.39, 0.29) is 5.91 Å². The standard InChI is InChI=1S/C16H15BrN2O3S/c1-4-21-10-5-6-11-12(7-10)23-16(18-11)19-15(20)13-8(2)22-9(3)14(13)17/h5-7H,4H2,1-3H3,(H,18,19,20). The number of rotatable bonds is 4. The third-order valence-corrected chi connectivity index (χ3v) is 5.19. The number of ether oxygens (including phenoxy) is 1. The summed E-state index contributed by atoms with van der Waals surface area (Å²) in [5.74, 6) is 1.81. The van der Waals surface area contributed by atoms with E-state index in [2.05, 4.69) is 26.2 Å². The van der Waals surface area contributed by atoms with Gasteiger partial charge in [0.25, 0.3) is 5.91 Å². The molecule has 3 rings (SSSR count). The number of aromatic nitrogens is 1. The number of nitrogens with one attached hydrogen (secondary N) is 1. The van der Waals surface area contributed by atoms with Gasteiger partial charge in [0, 0.05) is 0 Å². The Kier molecular flexibility index (Phi) is 4.41. The maximum atomic E-state index is 12.5. The van der Waals surface area contributed by atoms with Crippen molar-refractivity contribution in [2.75, 3.05) is 11.9 Å². The molecule has 120 valence electrons. The molecule has 0 fully saturated rings. The molecule has 0 aliphatic heterocycles. The first-order valence-electron chi connectivity index (χ1n) is 7.09. The highest BCUT2D eigenvalue weighted by atomic mass is 79.9. The Morgan fingerprint density at radius 2 is 2.17 bits per heavy atom. The van der Waals surface area contributed by atoms with Crippen molar-refractivity contribution in [1.29, 1.82) is 0 Å². The quantitative estimate of drug-likeness (QED) is 0.681. The number of furan rings is 1. The van der Waals surface area contributed by atoms with Gasteiger partial charge in [0.15, 0.2) is 5.13 Å². The van der Waals surface area contributed by atoms with E-state index in [0.717, 1.165) is 16.0 Å². The van der Waals surface area contributed by atoms with Crippen molar-refractivity contribution >= 4 is 48.5 Å². The lowest BCUT2D eigenvalue weighted by Crippen LogP contribution is -2.12. The van der Waals surface area contributed by atoms with E-state index in [1.807, 2.05) is 25.1 Å². The number of hydrogen-bond acceptors (Lipinski definition) is 5. The van der Waals surface area contributed by atoms with Gasteiger partial charge in [-0.05, 0) is 54.9 Å². The molecule has 2 heterocycles. The topological polar surface area (TPSA) is 64.4 Å². The summed E-state index contributed by atoms with van der Waals surface area (Å²) in [6.07, 6.45) is 0. The van der Waals surface area contributed by atoms with E-state index in [9.17, 15) is 4.79 Å². The maximum Gasteiger partial charge on any atom is 0.262 e. The molecule has 1 aromatic carbocycles. The third kappa shape index (κ3) is 3.11. The Bertz CT molecular complexity index is 885. The lowest BCUT2D eigenvalue weighted by atomic mass is 10.2. The van der Waals surface area contributed by atoms with Gasteiger partial charge in [-0.2, -0.15) is 0 Å². The van der Waals surface area contributed by atoms with Crippen molar-refractivity contribution in [3.63, 3.8) is 0 Å². The number of aryl methyl sites for hydroxylation is 2. The largest absolute Gasteiger partial charge is 0.494 e. The Labute approximate surface area is 145 Å². The van der Waals surface area contributed by atoms with Crippen molar-refractivity contribution in [3.05, 3.63) is 39.8 Å². The normalized spacial score (nSPS) is 11.0. The minimum absolute atomic E-state index is 0.240. The van der Waals surface area contributed by atoms with Gasteiger partial charge in [0.1, 0.15) is 17.3 Å². The molecule has 0 aliphatic carbocycles. The van der Waals surface area contributed by atoms with Crippen LogP contribution in [0, 0.1) is 13.8 Å². The molecular weight excluding hydrogens is 380 g/mol. The van der Waals surface area contributed by atoms with E-state index < -0.39 is 0 Å². The third-order valence-electron chi connectivity index (χ3n) is 3.31. The minimum atomic E-state index is -0.240. The van der Waals surface area contributed by atoms with Crippen LogP contribution in [0.3, 0.4) is 0 Å². The summed E-state index contributed by atoms with van der Waals surface area (Å²) in [6, 6.07) is 5.68. The van der Waals surface area contributed by atoms with Crippen LogP contribution in [0.4, 0.5) is 5.13 Å². The maximum absolute atomic E-state index is 12.5. The molecule has 0 aliphatic rings. The molecule has 0 bridgehead atoms. The molecule has 5 nitrogen and oxygen atoms in total. The predicted molar refractivity (Wildman–Crippen MR) is 94.6 cm³/mol. The summed E-state index contributed by atoms with van der Waals surface area (Å²) < 4.78 is 12.6. The zero-order valence-electron chi connectivity index (χ0n) is 12.9. The Balaban J connectivity index is 1.87. The van der Waals surface area contributed by atoms with Crippen LogP contribution >= 0.6 is 27.3 Å². The van der Waals surface area contributed by atoms with Crippen molar-refractivity contribution in [2.24, 2.45) is 0 Å². The van der Waals surface area contributed by atoms with Gasteiger partial charge in [0.05, 0.1) is 26.9 Å². The average molecular weight is 395 g/mol. The van der Waals surface area contributed by atoms with Gasteiger partial charge < -0.3 is 9.15 Å². The summed E-state index contributed by atoms with van der Waals surface area (Å²) in [5.41, 5.74) is 1.32. The van der Waals surface area contributed by atoms with E-state index in [0.29, 0.717) is 33.3 Å². The number of carbonyl (C=O) groups is 1. The summed E-state index contributed by atoms with van der Waals surface area (Å²) in [4.78, 5) is 16.9. The zero-order chi connectivity index (χ0) is 16.6. The van der Waals surface area contributed by atoms with Crippen LogP contribution in [0.25, 0.3) is 10.2 Å². The molecule has 23 heavy (non-hydrogen) atoms. The van der Waals surface area contributed by atoms with E-state index >= 15 is 0 Å². The smallest absolute Gasteiger partial charge is 0.262 e. The fraction of sp³-hybridized carbons (Fsp3) is 0.250. The Morgan fingerprint density at radius 3 is 2.83 bits per heavy atom. The first kappa shape index (κ1) is 16.0. The molecule has 1 N–H and O–H groups in total. The molecular formula is C16H15BrN2O3S. The summed E-state index contributed by atoms with van der Waals surface area (Å²) in [7, 11) is 0. The second-order valence-electron chi connectivity index (χ2n) is 4.94. The van der Waals surface area contributed by atoms with E-state index in [4.69, 9.17) is 9.15 Å². The van der Waals surface area contributed by atoms with Crippen LogP contribution in [0.2, 0.25) is 0 Å². The van der Waals surface area contributed by atoms with Gasteiger partial charge in [-0.15, -0.1) is 0 Å². The van der Waals surface area contributed by atoms with E-state index in [1.165, 1.54) is 11.3 Å². The molecule has 7 heteroatoms. The van der Waals surface area contributed by atoms with Crippen LogP contribution in [0.15, 0.2) is 27.1 Å². The van der Waals surface area contributed by atoms with Crippen molar-refractivity contribution in [1.82, 2.24) is 4.98 Å². The van der Waals surface area contributed by atoms with Gasteiger partial charge in [-0.25, -0.2) is 4.98 Å². The molecule has 1 amide bonds. The van der Waals surface area contributed by atoms with Crippen LogP contribution in [-0.2, 0) is 0 Å². The van der Waals surface area contributed by atoms with Crippen LogP contribution in [0.5, 0.6) is 5.75 Å². The van der Waals surface area contributed by atoms with Gasteiger partial charge >= 0.3 is 0 Å². The number of nitrogens with zero attached hydrogens (tertiary/aromatic N) is 1. The van der Waals surface area contributed by atoms with Gasteiger partial charge in [0.2, 0.25) is 0 Å². The fourth-order valence-electron chi connectivity index (χ4n) is 2.29. The number of carbonyl (C=O) groups excluding carboxylic acids is 1. The van der Waals surface area contributed by atoms with Crippen LogP contribution in [-0.4, -0.2) is 17.5 Å². The number of benzene rings is 1. The fourth-order valence-corrected chi connectivity index (χ4v) is 3.72. The first-order chi connectivity index (χ1) is 11.0. The summed E-state index contributed by atoms with van der Waals surface area (Å²) >= 11 is 4.80. The number of fused-ring (bicyclic) bond motifs is 1. The number of hydrogen-bond donors (Lipinski definition) is 1. The number of halogens is 1. The highest BCUT2D eigenvalue weighted by molar-refractivity contribution is 9.10. The predicted octanol–water partition coefficient (Wildman–Crippen LogP) is 4.92. The van der Waals surface area contributed by atoms with Crippen molar-refractivity contribution in [3.8, 4) is 5.75 Å².